The van der Waals surface area contributed by atoms with Crippen LogP contribution >= 0.6 is 11.3 Å². The molecule has 0 radical (unpaired) electrons. The molecule has 2 aliphatic heterocycles. The van der Waals surface area contributed by atoms with Gasteiger partial charge in [0.1, 0.15) is 0 Å². The molecule has 0 N–H and O–H groups in total. The van der Waals surface area contributed by atoms with E-state index in [1.165, 1.54) is 10.3 Å². The maximum Gasteiger partial charge on any atom is 0.231 e. The van der Waals surface area contributed by atoms with Gasteiger partial charge in [-0.05, 0) is 43.0 Å². The minimum Gasteiger partial charge on any atom is -0.347 e. The number of carbonyl (C=O) groups excluding carboxylic acids is 1. The lowest BCUT2D eigenvalue weighted by atomic mass is 9.97. The van der Waals surface area contributed by atoms with E-state index in [9.17, 15) is 4.79 Å². The third-order valence-electron chi connectivity index (χ3n) is 5.48. The Labute approximate surface area is 157 Å². The summed E-state index contributed by atoms with van der Waals surface area (Å²) in [4.78, 5) is 22.3. The maximum atomic E-state index is 13.2. The Kier molecular flexibility index (Phi) is 3.89. The molecule has 5 heteroatoms. The fourth-order valence-corrected chi connectivity index (χ4v) is 5.14. The summed E-state index contributed by atoms with van der Waals surface area (Å²) in [5.41, 5.74) is 3.45. The van der Waals surface area contributed by atoms with Crippen molar-refractivity contribution in [3.63, 3.8) is 0 Å². The maximum absolute atomic E-state index is 13.2. The number of aromatic nitrogens is 1. The summed E-state index contributed by atoms with van der Waals surface area (Å²) in [5.74, 6) is 0.336. The van der Waals surface area contributed by atoms with Crippen molar-refractivity contribution in [3.05, 3.63) is 54.1 Å². The smallest absolute Gasteiger partial charge is 0.231 e. The van der Waals surface area contributed by atoms with Gasteiger partial charge in [-0.2, -0.15) is 0 Å². The Balaban J connectivity index is 1.36. The number of nitrogens with zero attached hydrogens (tertiary/aromatic N) is 3. The molecule has 0 bridgehead atoms. The largest absolute Gasteiger partial charge is 0.347 e. The number of amides is 1. The van der Waals surface area contributed by atoms with Gasteiger partial charge < -0.3 is 9.80 Å². The number of anilines is 2. The van der Waals surface area contributed by atoms with Crippen LogP contribution in [0.25, 0.3) is 10.2 Å². The molecule has 1 aromatic heterocycles. The number of hydrogen-bond donors (Lipinski definition) is 0. The molecule has 0 aliphatic carbocycles. The molecule has 2 aliphatic rings. The standard InChI is InChI=1S/C21H21N3OS/c25-20(24-13-11-15-6-1-3-9-18(15)24)16-7-5-12-23(14-16)21-22-17-8-2-4-10-19(17)26-21/h1-4,6,8-10,16H,5,7,11-14H2. The van der Waals surface area contributed by atoms with E-state index in [-0.39, 0.29) is 11.8 Å². The molecule has 5 rings (SSSR count). The second-order valence-corrected chi connectivity index (χ2v) is 8.13. The third kappa shape index (κ3) is 2.67. The number of carbonyl (C=O) groups is 1. The topological polar surface area (TPSA) is 36.4 Å². The lowest BCUT2D eigenvalue weighted by Gasteiger charge is -2.33. The minimum atomic E-state index is 0.0573. The molecule has 2 aromatic carbocycles. The van der Waals surface area contributed by atoms with Crippen molar-refractivity contribution in [2.24, 2.45) is 5.92 Å². The molecule has 1 saturated heterocycles. The quantitative estimate of drug-likeness (QED) is 0.688. The number of hydrogen-bond acceptors (Lipinski definition) is 4. The average molecular weight is 363 g/mol. The summed E-state index contributed by atoms with van der Waals surface area (Å²) in [6.07, 6.45) is 2.98. The molecular formula is C21H21N3OS. The SMILES string of the molecule is O=C(C1CCCN(c2nc3ccccc3s2)C1)N1CCc2ccccc21. The molecule has 1 atom stereocenters. The van der Waals surface area contributed by atoms with Crippen LogP contribution in [-0.2, 0) is 11.2 Å². The number of piperidine rings is 1. The molecule has 1 fully saturated rings. The summed E-state index contributed by atoms with van der Waals surface area (Å²) >= 11 is 1.73. The van der Waals surface area contributed by atoms with E-state index in [1.54, 1.807) is 11.3 Å². The van der Waals surface area contributed by atoms with Crippen LogP contribution in [0.2, 0.25) is 0 Å². The van der Waals surface area contributed by atoms with Crippen molar-refractivity contribution >= 4 is 38.3 Å². The molecule has 3 aromatic rings. The molecule has 1 unspecified atom stereocenters. The van der Waals surface area contributed by atoms with E-state index in [1.807, 2.05) is 17.0 Å². The van der Waals surface area contributed by atoms with Crippen LogP contribution in [0.4, 0.5) is 10.8 Å². The zero-order chi connectivity index (χ0) is 17.5. The summed E-state index contributed by atoms with van der Waals surface area (Å²) in [5, 5.41) is 1.05. The van der Waals surface area contributed by atoms with Crippen molar-refractivity contribution in [1.82, 2.24) is 4.98 Å². The normalized spacial score (nSPS) is 19.8. The van der Waals surface area contributed by atoms with Crippen LogP contribution in [0, 0.1) is 5.92 Å². The molecule has 26 heavy (non-hydrogen) atoms. The van der Waals surface area contributed by atoms with E-state index >= 15 is 0 Å². The number of para-hydroxylation sites is 2. The van der Waals surface area contributed by atoms with E-state index < -0.39 is 0 Å². The molecule has 132 valence electrons. The van der Waals surface area contributed by atoms with Crippen LogP contribution in [-0.4, -0.2) is 30.5 Å². The summed E-state index contributed by atoms with van der Waals surface area (Å²) < 4.78 is 1.21. The fraction of sp³-hybridized carbons (Fsp3) is 0.333. The van der Waals surface area contributed by atoms with Crippen molar-refractivity contribution in [2.45, 2.75) is 19.3 Å². The van der Waals surface area contributed by atoms with Crippen molar-refractivity contribution < 1.29 is 4.79 Å². The number of benzene rings is 2. The number of fused-ring (bicyclic) bond motifs is 2. The van der Waals surface area contributed by atoms with Crippen molar-refractivity contribution in [2.75, 3.05) is 29.4 Å². The van der Waals surface area contributed by atoms with Gasteiger partial charge in [0.05, 0.1) is 16.1 Å². The highest BCUT2D eigenvalue weighted by atomic mass is 32.1. The van der Waals surface area contributed by atoms with Gasteiger partial charge >= 0.3 is 0 Å². The highest BCUT2D eigenvalue weighted by molar-refractivity contribution is 7.22. The Morgan fingerprint density at radius 3 is 2.85 bits per heavy atom. The molecule has 4 nitrogen and oxygen atoms in total. The van der Waals surface area contributed by atoms with Gasteiger partial charge in [0, 0.05) is 25.3 Å². The zero-order valence-corrected chi connectivity index (χ0v) is 15.4. The lowest BCUT2D eigenvalue weighted by molar-refractivity contribution is -0.122. The molecule has 0 spiro atoms. The van der Waals surface area contributed by atoms with E-state index in [2.05, 4.69) is 41.3 Å². The van der Waals surface area contributed by atoms with E-state index in [4.69, 9.17) is 4.98 Å². The monoisotopic (exact) mass is 363 g/mol. The van der Waals surface area contributed by atoms with Crippen LogP contribution in [0.5, 0.6) is 0 Å². The number of thiazole rings is 1. The lowest BCUT2D eigenvalue weighted by Crippen LogP contribution is -2.44. The molecule has 1 amide bonds. The third-order valence-corrected chi connectivity index (χ3v) is 6.57. The van der Waals surface area contributed by atoms with Crippen LogP contribution in [0.15, 0.2) is 48.5 Å². The first-order valence-corrected chi connectivity index (χ1v) is 10.1. The van der Waals surface area contributed by atoms with Gasteiger partial charge in [-0.15, -0.1) is 0 Å². The molecule has 0 saturated carbocycles. The Hall–Kier alpha value is -2.40. The van der Waals surface area contributed by atoms with Crippen LogP contribution in [0.1, 0.15) is 18.4 Å². The first kappa shape index (κ1) is 15.8. The van der Waals surface area contributed by atoms with E-state index in [0.29, 0.717) is 0 Å². The van der Waals surface area contributed by atoms with Gasteiger partial charge in [-0.3, -0.25) is 4.79 Å². The molecule has 3 heterocycles. The van der Waals surface area contributed by atoms with Gasteiger partial charge in [0.15, 0.2) is 5.13 Å². The predicted octanol–water partition coefficient (Wildman–Crippen LogP) is 4.10. The van der Waals surface area contributed by atoms with Gasteiger partial charge in [-0.1, -0.05) is 41.7 Å². The Morgan fingerprint density at radius 2 is 1.92 bits per heavy atom. The average Bonchev–Trinajstić information content (AvgIpc) is 3.32. The first-order chi connectivity index (χ1) is 12.8. The second-order valence-electron chi connectivity index (χ2n) is 7.12. The van der Waals surface area contributed by atoms with Crippen LogP contribution < -0.4 is 9.80 Å². The van der Waals surface area contributed by atoms with Gasteiger partial charge in [-0.25, -0.2) is 4.98 Å². The minimum absolute atomic E-state index is 0.0573. The second kappa shape index (κ2) is 6.40. The van der Waals surface area contributed by atoms with Crippen LogP contribution in [0.3, 0.4) is 0 Å². The van der Waals surface area contributed by atoms with Crippen molar-refractivity contribution in [3.8, 4) is 0 Å². The summed E-state index contributed by atoms with van der Waals surface area (Å²) in [6.45, 7) is 2.58. The number of rotatable bonds is 2. The van der Waals surface area contributed by atoms with Gasteiger partial charge in [0.2, 0.25) is 5.91 Å². The fourth-order valence-electron chi connectivity index (χ4n) is 4.14. The predicted molar refractivity (Wildman–Crippen MR) is 107 cm³/mol. The highest BCUT2D eigenvalue weighted by Gasteiger charge is 2.33. The summed E-state index contributed by atoms with van der Waals surface area (Å²) in [7, 11) is 0. The zero-order valence-electron chi connectivity index (χ0n) is 14.6. The summed E-state index contributed by atoms with van der Waals surface area (Å²) in [6, 6.07) is 16.6. The molecular weight excluding hydrogens is 342 g/mol. The Bertz CT molecular complexity index is 934. The van der Waals surface area contributed by atoms with Gasteiger partial charge in [0.25, 0.3) is 0 Å². The highest BCUT2D eigenvalue weighted by Crippen LogP contribution is 2.34. The van der Waals surface area contributed by atoms with E-state index in [0.717, 1.165) is 55.2 Å². The Morgan fingerprint density at radius 1 is 1.08 bits per heavy atom. The van der Waals surface area contributed by atoms with Crippen molar-refractivity contribution in [1.29, 1.82) is 0 Å². The first-order valence-electron chi connectivity index (χ1n) is 9.29.